The first-order valence-electron chi connectivity index (χ1n) is 6.28. The van der Waals surface area contributed by atoms with Crippen LogP contribution >= 0.6 is 11.6 Å². The van der Waals surface area contributed by atoms with Crippen LogP contribution in [0.25, 0.3) is 11.1 Å². The van der Waals surface area contributed by atoms with Crippen molar-refractivity contribution in [2.75, 3.05) is 0 Å². The lowest BCUT2D eigenvalue weighted by Crippen LogP contribution is -1.95. The van der Waals surface area contributed by atoms with Gasteiger partial charge >= 0.3 is 0 Å². The van der Waals surface area contributed by atoms with Gasteiger partial charge in [0.2, 0.25) is 0 Å². The summed E-state index contributed by atoms with van der Waals surface area (Å²) in [6.07, 6.45) is 3.45. The third kappa shape index (κ3) is 2.79. The summed E-state index contributed by atoms with van der Waals surface area (Å²) in [5, 5.41) is 0.577. The molecule has 2 aromatic carbocycles. The maximum absolute atomic E-state index is 10.7. The van der Waals surface area contributed by atoms with Gasteiger partial charge in [-0.05, 0) is 36.6 Å². The van der Waals surface area contributed by atoms with Crippen LogP contribution in [0.1, 0.15) is 23.2 Å². The molecule has 0 spiro atoms. The Labute approximate surface area is 117 Å². The van der Waals surface area contributed by atoms with Crippen LogP contribution in [0.15, 0.2) is 42.5 Å². The van der Waals surface area contributed by atoms with E-state index in [9.17, 15) is 4.79 Å². The highest BCUT2D eigenvalue weighted by Gasteiger charge is 2.23. The highest BCUT2D eigenvalue weighted by molar-refractivity contribution is 6.33. The fourth-order valence-corrected chi connectivity index (χ4v) is 2.25. The van der Waals surface area contributed by atoms with Gasteiger partial charge in [-0.15, -0.1) is 0 Å². The van der Waals surface area contributed by atoms with Crippen molar-refractivity contribution in [3.63, 3.8) is 0 Å². The van der Waals surface area contributed by atoms with Gasteiger partial charge in [0.15, 0.2) is 0 Å². The van der Waals surface area contributed by atoms with E-state index in [-0.39, 0.29) is 0 Å². The molecule has 2 aromatic rings. The molecule has 0 amide bonds. The Morgan fingerprint density at radius 3 is 2.68 bits per heavy atom. The Bertz CT molecular complexity index is 618. The molecule has 0 saturated heterocycles. The number of carbonyl (C=O) groups excluding carboxylic acids is 1. The van der Waals surface area contributed by atoms with E-state index >= 15 is 0 Å². The molecule has 1 fully saturated rings. The molecule has 0 aliphatic heterocycles. The highest BCUT2D eigenvalue weighted by atomic mass is 35.5. The van der Waals surface area contributed by atoms with Crippen LogP contribution in [0.5, 0.6) is 5.75 Å². The van der Waals surface area contributed by atoms with Crippen molar-refractivity contribution < 1.29 is 9.53 Å². The molecule has 2 nitrogen and oxygen atoms in total. The quantitative estimate of drug-likeness (QED) is 0.773. The molecule has 0 bridgehead atoms. The average molecular weight is 273 g/mol. The minimum atomic E-state index is 0.378. The van der Waals surface area contributed by atoms with E-state index in [4.69, 9.17) is 16.3 Å². The molecule has 0 heterocycles. The number of aldehydes is 1. The molecule has 96 valence electrons. The second-order valence-electron chi connectivity index (χ2n) is 4.70. The third-order valence-corrected chi connectivity index (χ3v) is 3.41. The number of halogens is 1. The van der Waals surface area contributed by atoms with Crippen molar-refractivity contribution in [1.29, 1.82) is 0 Å². The maximum atomic E-state index is 10.7. The van der Waals surface area contributed by atoms with Crippen LogP contribution in [-0.4, -0.2) is 12.4 Å². The highest BCUT2D eigenvalue weighted by Crippen LogP contribution is 2.33. The first-order chi connectivity index (χ1) is 9.26. The third-order valence-electron chi connectivity index (χ3n) is 3.10. The van der Waals surface area contributed by atoms with Gasteiger partial charge in [0.1, 0.15) is 12.0 Å². The lowest BCUT2D eigenvalue weighted by atomic mass is 10.0. The predicted octanol–water partition coefficient (Wildman–Crippen LogP) is 4.36. The first-order valence-corrected chi connectivity index (χ1v) is 6.66. The van der Waals surface area contributed by atoms with Crippen molar-refractivity contribution in [3.05, 3.63) is 53.1 Å². The SMILES string of the molecule is O=Cc1ccc(-c2cccc(OC3CC3)c2)c(Cl)c1. The van der Waals surface area contributed by atoms with E-state index < -0.39 is 0 Å². The second-order valence-corrected chi connectivity index (χ2v) is 5.11. The maximum Gasteiger partial charge on any atom is 0.150 e. The van der Waals surface area contributed by atoms with Crippen molar-refractivity contribution in [2.45, 2.75) is 18.9 Å². The number of rotatable bonds is 4. The molecular weight excluding hydrogens is 260 g/mol. The zero-order chi connectivity index (χ0) is 13.2. The standard InChI is InChI=1S/C16H13ClO2/c17-16-8-11(10-18)4-7-15(16)12-2-1-3-14(9-12)19-13-5-6-13/h1-4,7-10,13H,5-6H2. The average Bonchev–Trinajstić information content (AvgIpc) is 3.23. The molecule has 0 atom stereocenters. The van der Waals surface area contributed by atoms with Crippen LogP contribution in [-0.2, 0) is 0 Å². The number of carbonyl (C=O) groups is 1. The van der Waals surface area contributed by atoms with Gasteiger partial charge in [-0.25, -0.2) is 0 Å². The Hall–Kier alpha value is -1.80. The Morgan fingerprint density at radius 2 is 2.00 bits per heavy atom. The molecule has 0 unspecified atom stereocenters. The van der Waals surface area contributed by atoms with Crippen LogP contribution in [0, 0.1) is 0 Å². The summed E-state index contributed by atoms with van der Waals surface area (Å²) in [6, 6.07) is 13.2. The summed E-state index contributed by atoms with van der Waals surface area (Å²) in [5.41, 5.74) is 2.49. The summed E-state index contributed by atoms with van der Waals surface area (Å²) in [6.45, 7) is 0. The van der Waals surface area contributed by atoms with E-state index in [0.29, 0.717) is 16.7 Å². The zero-order valence-corrected chi connectivity index (χ0v) is 11.1. The van der Waals surface area contributed by atoms with Gasteiger partial charge in [-0.2, -0.15) is 0 Å². The smallest absolute Gasteiger partial charge is 0.150 e. The molecule has 0 N–H and O–H groups in total. The summed E-state index contributed by atoms with van der Waals surface area (Å²) in [5.74, 6) is 0.871. The van der Waals surface area contributed by atoms with E-state index in [0.717, 1.165) is 36.0 Å². The molecule has 1 aliphatic carbocycles. The lowest BCUT2D eigenvalue weighted by Gasteiger charge is -2.08. The second kappa shape index (κ2) is 5.06. The molecule has 1 aliphatic rings. The van der Waals surface area contributed by atoms with E-state index in [1.807, 2.05) is 30.3 Å². The van der Waals surface area contributed by atoms with Crippen molar-refractivity contribution in [3.8, 4) is 16.9 Å². The van der Waals surface area contributed by atoms with E-state index in [1.54, 1.807) is 12.1 Å². The van der Waals surface area contributed by atoms with E-state index in [2.05, 4.69) is 0 Å². The van der Waals surface area contributed by atoms with Gasteiger partial charge in [0.25, 0.3) is 0 Å². The van der Waals surface area contributed by atoms with Gasteiger partial charge < -0.3 is 4.74 Å². The lowest BCUT2D eigenvalue weighted by molar-refractivity contribution is 0.112. The van der Waals surface area contributed by atoms with Crippen LogP contribution in [0.4, 0.5) is 0 Å². The summed E-state index contributed by atoms with van der Waals surface area (Å²) < 4.78 is 5.77. The molecule has 0 aromatic heterocycles. The molecule has 3 rings (SSSR count). The number of benzene rings is 2. The summed E-state index contributed by atoms with van der Waals surface area (Å²) >= 11 is 6.21. The summed E-state index contributed by atoms with van der Waals surface area (Å²) in [4.78, 5) is 10.7. The number of hydrogen-bond donors (Lipinski definition) is 0. The fourth-order valence-electron chi connectivity index (χ4n) is 1.95. The van der Waals surface area contributed by atoms with Gasteiger partial charge in [-0.1, -0.05) is 35.9 Å². The minimum absolute atomic E-state index is 0.378. The number of ether oxygens (including phenoxy) is 1. The van der Waals surface area contributed by atoms with Gasteiger partial charge in [0, 0.05) is 16.1 Å². The van der Waals surface area contributed by atoms with Gasteiger partial charge in [-0.3, -0.25) is 4.79 Å². The Morgan fingerprint density at radius 1 is 1.16 bits per heavy atom. The van der Waals surface area contributed by atoms with Crippen molar-refractivity contribution in [2.24, 2.45) is 0 Å². The zero-order valence-electron chi connectivity index (χ0n) is 10.3. The normalized spacial score (nSPS) is 14.2. The monoisotopic (exact) mass is 272 g/mol. The molecule has 1 saturated carbocycles. The van der Waals surface area contributed by atoms with Crippen molar-refractivity contribution in [1.82, 2.24) is 0 Å². The van der Waals surface area contributed by atoms with E-state index in [1.165, 1.54) is 0 Å². The topological polar surface area (TPSA) is 26.3 Å². The van der Waals surface area contributed by atoms with Crippen LogP contribution in [0.3, 0.4) is 0 Å². The molecular formula is C16H13ClO2. The molecule has 0 radical (unpaired) electrons. The fraction of sp³-hybridized carbons (Fsp3) is 0.188. The Kier molecular flexibility index (Phi) is 3.26. The van der Waals surface area contributed by atoms with Gasteiger partial charge in [0.05, 0.1) is 6.10 Å². The largest absolute Gasteiger partial charge is 0.490 e. The first kappa shape index (κ1) is 12.2. The predicted molar refractivity (Wildman–Crippen MR) is 75.9 cm³/mol. The number of hydrogen-bond acceptors (Lipinski definition) is 2. The summed E-state index contributed by atoms with van der Waals surface area (Å²) in [7, 11) is 0. The van der Waals surface area contributed by atoms with Crippen molar-refractivity contribution >= 4 is 17.9 Å². The van der Waals surface area contributed by atoms with Crippen LogP contribution in [0.2, 0.25) is 5.02 Å². The molecule has 3 heteroatoms. The Balaban J connectivity index is 1.94. The molecule has 19 heavy (non-hydrogen) atoms. The minimum Gasteiger partial charge on any atom is -0.490 e. The van der Waals surface area contributed by atoms with Crippen LogP contribution < -0.4 is 4.74 Å².